The summed E-state index contributed by atoms with van der Waals surface area (Å²) in [5.74, 6) is 2.69. The van der Waals surface area contributed by atoms with Gasteiger partial charge < -0.3 is 18.9 Å². The van der Waals surface area contributed by atoms with Crippen LogP contribution >= 0.6 is 0 Å². The van der Waals surface area contributed by atoms with Crippen molar-refractivity contribution < 1.29 is 28.5 Å². The fraction of sp³-hybridized carbons (Fsp3) is 0.118. The van der Waals surface area contributed by atoms with Crippen molar-refractivity contribution in [2.45, 2.75) is 0 Å². The molecule has 0 aliphatic rings. The normalized spacial score (nSPS) is 10.9. The third-order valence-electron chi connectivity index (χ3n) is 5.98. The van der Waals surface area contributed by atoms with E-state index in [0.717, 1.165) is 11.1 Å². The van der Waals surface area contributed by atoms with Crippen LogP contribution in [0.4, 0.5) is 0 Å². The Morgan fingerprint density at radius 2 is 0.825 bits per heavy atom. The molecular formula is C34H30O6. The van der Waals surface area contributed by atoms with Crippen molar-refractivity contribution in [2.75, 3.05) is 27.4 Å². The molecule has 202 valence electrons. The molecule has 0 aromatic heterocycles. The minimum Gasteiger partial charge on any atom is -0.497 e. The monoisotopic (exact) mass is 534 g/mol. The third kappa shape index (κ3) is 8.20. The molecule has 0 heterocycles. The van der Waals surface area contributed by atoms with E-state index in [1.54, 1.807) is 87.1 Å². The lowest BCUT2D eigenvalue weighted by atomic mass is 10.1. The SMILES string of the molecule is COc1ccc(C(=O)/C=C/c2ccc(OCCOc3ccc(/C=C/C(=O)c4ccc(OC)cc4)cc3)cc2)cc1. The molecule has 0 radical (unpaired) electrons. The predicted molar refractivity (Wildman–Crippen MR) is 157 cm³/mol. The zero-order valence-corrected chi connectivity index (χ0v) is 22.4. The van der Waals surface area contributed by atoms with Crippen molar-refractivity contribution in [3.63, 3.8) is 0 Å². The van der Waals surface area contributed by atoms with Crippen LogP contribution in [0.1, 0.15) is 31.8 Å². The molecule has 0 unspecified atom stereocenters. The molecule has 4 rings (SSSR count). The molecule has 0 aliphatic carbocycles. The standard InChI is InChI=1S/C34H30O6/c1-37-29-17-9-27(10-18-29)33(35)21-7-25-3-13-31(14-4-25)39-23-24-40-32-15-5-26(6-16-32)8-22-34(36)28-11-19-30(38-2)20-12-28/h3-22H,23-24H2,1-2H3/b21-7+,22-8+. The number of allylic oxidation sites excluding steroid dienone is 2. The topological polar surface area (TPSA) is 71.1 Å². The number of rotatable bonds is 13. The largest absolute Gasteiger partial charge is 0.497 e. The zero-order chi connectivity index (χ0) is 28.2. The van der Waals surface area contributed by atoms with E-state index in [9.17, 15) is 9.59 Å². The average molecular weight is 535 g/mol. The maximum absolute atomic E-state index is 12.3. The first kappa shape index (κ1) is 27.9. The number of ether oxygens (including phenoxy) is 4. The van der Waals surface area contributed by atoms with Crippen LogP contribution in [0.25, 0.3) is 12.2 Å². The molecular weight excluding hydrogens is 504 g/mol. The highest BCUT2D eigenvalue weighted by Gasteiger charge is 2.04. The van der Waals surface area contributed by atoms with Crippen molar-refractivity contribution in [1.29, 1.82) is 0 Å². The van der Waals surface area contributed by atoms with Gasteiger partial charge in [0.25, 0.3) is 0 Å². The van der Waals surface area contributed by atoms with Crippen molar-refractivity contribution >= 4 is 23.7 Å². The van der Waals surface area contributed by atoms with E-state index < -0.39 is 0 Å². The second kappa shape index (κ2) is 14.2. The first-order chi connectivity index (χ1) is 19.5. The number of hydrogen-bond acceptors (Lipinski definition) is 6. The van der Waals surface area contributed by atoms with Crippen molar-refractivity contribution in [1.82, 2.24) is 0 Å². The quantitative estimate of drug-likeness (QED) is 0.105. The van der Waals surface area contributed by atoms with Gasteiger partial charge in [-0.05, 0) is 96.1 Å². The molecule has 0 spiro atoms. The predicted octanol–water partition coefficient (Wildman–Crippen LogP) is 6.95. The van der Waals surface area contributed by atoms with Gasteiger partial charge in [-0.15, -0.1) is 0 Å². The van der Waals surface area contributed by atoms with Crippen LogP contribution in [0.2, 0.25) is 0 Å². The summed E-state index contributed by atoms with van der Waals surface area (Å²) in [6.45, 7) is 0.756. The fourth-order valence-corrected chi connectivity index (χ4v) is 3.72. The van der Waals surface area contributed by atoms with E-state index in [2.05, 4.69) is 0 Å². The molecule has 6 heteroatoms. The summed E-state index contributed by atoms with van der Waals surface area (Å²) < 4.78 is 21.8. The van der Waals surface area contributed by atoms with Crippen LogP contribution in [-0.2, 0) is 0 Å². The van der Waals surface area contributed by atoms with E-state index in [4.69, 9.17) is 18.9 Å². The summed E-state index contributed by atoms with van der Waals surface area (Å²) >= 11 is 0. The van der Waals surface area contributed by atoms with Gasteiger partial charge in [0.1, 0.15) is 36.2 Å². The summed E-state index contributed by atoms with van der Waals surface area (Å²) in [6, 6.07) is 29.0. The highest BCUT2D eigenvalue weighted by atomic mass is 16.5. The molecule has 0 amide bonds. The van der Waals surface area contributed by atoms with Gasteiger partial charge in [-0.2, -0.15) is 0 Å². The molecule has 4 aromatic carbocycles. The minimum absolute atomic E-state index is 0.0776. The van der Waals surface area contributed by atoms with Crippen LogP contribution in [0.15, 0.2) is 109 Å². The highest BCUT2D eigenvalue weighted by Crippen LogP contribution is 2.17. The summed E-state index contributed by atoms with van der Waals surface area (Å²) in [5.41, 5.74) is 2.99. The van der Waals surface area contributed by atoms with Crippen LogP contribution < -0.4 is 18.9 Å². The van der Waals surface area contributed by atoms with E-state index in [1.807, 2.05) is 48.5 Å². The van der Waals surface area contributed by atoms with Crippen molar-refractivity contribution in [2.24, 2.45) is 0 Å². The summed E-state index contributed by atoms with van der Waals surface area (Å²) in [5, 5.41) is 0. The van der Waals surface area contributed by atoms with Gasteiger partial charge in [-0.3, -0.25) is 9.59 Å². The van der Waals surface area contributed by atoms with E-state index >= 15 is 0 Å². The van der Waals surface area contributed by atoms with Crippen molar-refractivity contribution in [3.05, 3.63) is 131 Å². The molecule has 0 atom stereocenters. The average Bonchev–Trinajstić information content (AvgIpc) is 3.02. The van der Waals surface area contributed by atoms with Crippen LogP contribution in [0.3, 0.4) is 0 Å². The van der Waals surface area contributed by atoms with Crippen LogP contribution in [0.5, 0.6) is 23.0 Å². The summed E-state index contributed by atoms with van der Waals surface area (Å²) in [7, 11) is 3.18. The molecule has 0 fully saturated rings. The second-order valence-corrected chi connectivity index (χ2v) is 8.69. The molecule has 0 saturated carbocycles. The summed E-state index contributed by atoms with van der Waals surface area (Å²) in [6.07, 6.45) is 6.64. The van der Waals surface area contributed by atoms with Crippen molar-refractivity contribution in [3.8, 4) is 23.0 Å². The zero-order valence-electron chi connectivity index (χ0n) is 22.4. The van der Waals surface area contributed by atoms with Gasteiger partial charge in [0.15, 0.2) is 11.6 Å². The fourth-order valence-electron chi connectivity index (χ4n) is 3.72. The Bertz CT molecular complexity index is 1330. The summed E-state index contributed by atoms with van der Waals surface area (Å²) in [4.78, 5) is 24.7. The third-order valence-corrected chi connectivity index (χ3v) is 5.98. The Hall–Kier alpha value is -5.10. The molecule has 0 aliphatic heterocycles. The van der Waals surface area contributed by atoms with Gasteiger partial charge in [0.2, 0.25) is 0 Å². The van der Waals surface area contributed by atoms with E-state index in [1.165, 1.54) is 0 Å². The second-order valence-electron chi connectivity index (χ2n) is 8.69. The molecule has 40 heavy (non-hydrogen) atoms. The molecule has 6 nitrogen and oxygen atoms in total. The lowest BCUT2D eigenvalue weighted by Crippen LogP contribution is -2.08. The van der Waals surface area contributed by atoms with Gasteiger partial charge in [-0.1, -0.05) is 36.4 Å². The lowest BCUT2D eigenvalue weighted by Gasteiger charge is -2.09. The minimum atomic E-state index is -0.0776. The van der Waals surface area contributed by atoms with Gasteiger partial charge in [-0.25, -0.2) is 0 Å². The number of ketones is 2. The Morgan fingerprint density at radius 3 is 1.15 bits per heavy atom. The number of carbonyl (C=O) groups excluding carboxylic acids is 2. The number of benzene rings is 4. The van der Waals surface area contributed by atoms with Crippen LogP contribution in [0, 0.1) is 0 Å². The first-order valence-electron chi connectivity index (χ1n) is 12.7. The first-order valence-corrected chi connectivity index (χ1v) is 12.7. The maximum Gasteiger partial charge on any atom is 0.185 e. The van der Waals surface area contributed by atoms with Gasteiger partial charge in [0, 0.05) is 11.1 Å². The Balaban J connectivity index is 1.18. The number of methoxy groups -OCH3 is 2. The molecule has 0 N–H and O–H groups in total. The maximum atomic E-state index is 12.3. The molecule has 0 saturated heterocycles. The highest BCUT2D eigenvalue weighted by molar-refractivity contribution is 6.07. The number of hydrogen-bond donors (Lipinski definition) is 0. The van der Waals surface area contributed by atoms with Gasteiger partial charge >= 0.3 is 0 Å². The number of carbonyl (C=O) groups is 2. The van der Waals surface area contributed by atoms with E-state index in [0.29, 0.717) is 47.3 Å². The Labute approximate surface area is 234 Å². The molecule has 4 aromatic rings. The molecule has 0 bridgehead atoms. The van der Waals surface area contributed by atoms with Gasteiger partial charge in [0.05, 0.1) is 14.2 Å². The smallest absolute Gasteiger partial charge is 0.185 e. The Kier molecular flexibility index (Phi) is 9.89. The van der Waals surface area contributed by atoms with Crippen LogP contribution in [-0.4, -0.2) is 39.0 Å². The lowest BCUT2D eigenvalue weighted by molar-refractivity contribution is 0.103. The van der Waals surface area contributed by atoms with E-state index in [-0.39, 0.29) is 11.6 Å². The Morgan fingerprint density at radius 1 is 0.500 bits per heavy atom.